The van der Waals surface area contributed by atoms with Crippen LogP contribution in [0.3, 0.4) is 0 Å². The van der Waals surface area contributed by atoms with Crippen molar-refractivity contribution in [3.05, 3.63) is 82.9 Å². The van der Waals surface area contributed by atoms with Crippen molar-refractivity contribution in [1.29, 1.82) is 0 Å². The molecule has 2 aromatic carbocycles. The molecule has 2 N–H and O–H groups in total. The van der Waals surface area contributed by atoms with E-state index in [-0.39, 0.29) is 28.9 Å². The Kier molecular flexibility index (Phi) is 4.16. The molecule has 30 heavy (non-hydrogen) atoms. The highest BCUT2D eigenvalue weighted by Crippen LogP contribution is 2.19. The number of hydrogen-bond acceptors (Lipinski definition) is 6. The smallest absolute Gasteiger partial charge is 0.312 e. The molecule has 5 rings (SSSR count). The summed E-state index contributed by atoms with van der Waals surface area (Å²) in [5, 5.41) is 2.87. The van der Waals surface area contributed by atoms with Gasteiger partial charge in [-0.3, -0.25) is 9.36 Å². The highest BCUT2D eigenvalue weighted by Gasteiger charge is 2.17. The first kappa shape index (κ1) is 17.9. The van der Waals surface area contributed by atoms with Gasteiger partial charge in [-0.05, 0) is 24.3 Å². The van der Waals surface area contributed by atoms with Gasteiger partial charge in [0.15, 0.2) is 11.5 Å². The van der Waals surface area contributed by atoms with E-state index < -0.39 is 17.5 Å². The van der Waals surface area contributed by atoms with Gasteiger partial charge < -0.3 is 10.3 Å². The number of halogens is 2. The molecule has 0 spiro atoms. The Morgan fingerprint density at radius 3 is 2.67 bits per heavy atom. The Balaban J connectivity index is 1.66. The monoisotopic (exact) mass is 405 g/mol. The number of H-pyrrole nitrogens is 1. The first-order valence-corrected chi connectivity index (χ1v) is 8.98. The zero-order valence-electron chi connectivity index (χ0n) is 15.3. The SMILES string of the molecule is O=c1c2c(F)cccc2nc(CNc2nc(F)nc3nc[nH]c23)n1-c1ccccc1. The van der Waals surface area contributed by atoms with Gasteiger partial charge in [0.2, 0.25) is 0 Å². The maximum atomic E-state index is 14.4. The lowest BCUT2D eigenvalue weighted by Crippen LogP contribution is -2.26. The van der Waals surface area contributed by atoms with Crippen LogP contribution in [0.15, 0.2) is 59.7 Å². The van der Waals surface area contributed by atoms with Crippen molar-refractivity contribution in [2.24, 2.45) is 0 Å². The van der Waals surface area contributed by atoms with E-state index in [1.54, 1.807) is 36.4 Å². The van der Waals surface area contributed by atoms with E-state index in [1.165, 1.54) is 23.0 Å². The number of imidazole rings is 1. The third-order valence-electron chi connectivity index (χ3n) is 4.60. The molecule has 0 unspecified atom stereocenters. The summed E-state index contributed by atoms with van der Waals surface area (Å²) in [6, 6.07) is 13.0. The van der Waals surface area contributed by atoms with Gasteiger partial charge in [0.1, 0.15) is 22.5 Å². The predicted octanol–water partition coefficient (Wildman–Crippen LogP) is 2.94. The van der Waals surface area contributed by atoms with E-state index in [1.807, 2.05) is 0 Å². The number of benzene rings is 2. The first-order valence-electron chi connectivity index (χ1n) is 8.98. The van der Waals surface area contributed by atoms with Crippen molar-refractivity contribution in [2.75, 3.05) is 5.32 Å². The summed E-state index contributed by atoms with van der Waals surface area (Å²) in [4.78, 5) is 31.8. The predicted molar refractivity (Wildman–Crippen MR) is 106 cm³/mol. The van der Waals surface area contributed by atoms with Crippen molar-refractivity contribution in [3.8, 4) is 5.69 Å². The molecule has 0 bridgehead atoms. The fourth-order valence-electron chi connectivity index (χ4n) is 3.29. The molecule has 5 aromatic rings. The van der Waals surface area contributed by atoms with Crippen molar-refractivity contribution < 1.29 is 8.78 Å². The molecular weight excluding hydrogens is 392 g/mol. The van der Waals surface area contributed by atoms with Crippen LogP contribution in [0.2, 0.25) is 0 Å². The lowest BCUT2D eigenvalue weighted by atomic mass is 10.2. The summed E-state index contributed by atoms with van der Waals surface area (Å²) in [5.74, 6) is -0.176. The number of nitrogens with one attached hydrogen (secondary N) is 2. The largest absolute Gasteiger partial charge is 0.361 e. The Morgan fingerprint density at radius 2 is 1.83 bits per heavy atom. The van der Waals surface area contributed by atoms with Gasteiger partial charge in [-0.15, -0.1) is 0 Å². The molecule has 0 aliphatic heterocycles. The molecule has 0 saturated heterocycles. The van der Waals surface area contributed by atoms with Crippen molar-refractivity contribution >= 4 is 27.9 Å². The van der Waals surface area contributed by atoms with Gasteiger partial charge in [0.05, 0.1) is 24.1 Å². The molecule has 8 nitrogen and oxygen atoms in total. The summed E-state index contributed by atoms with van der Waals surface area (Å²) in [7, 11) is 0. The standard InChI is InChI=1S/C20H13F2N7O/c21-12-7-4-8-13-15(12)19(30)29(11-5-2-1-3-6-11)14(26-13)9-23-17-16-18(25-10-24-16)28-20(22)27-17/h1-8,10H,9H2,(H2,23,24,25,27,28). The Bertz CT molecular complexity index is 1450. The van der Waals surface area contributed by atoms with Crippen LogP contribution in [0.25, 0.3) is 27.8 Å². The fourth-order valence-corrected chi connectivity index (χ4v) is 3.29. The number of nitrogens with zero attached hydrogens (tertiary/aromatic N) is 5. The van der Waals surface area contributed by atoms with Gasteiger partial charge in [0.25, 0.3) is 5.56 Å². The normalized spacial score (nSPS) is 11.3. The quantitative estimate of drug-likeness (QED) is 0.446. The number of fused-ring (bicyclic) bond motifs is 2. The van der Waals surface area contributed by atoms with Crippen LogP contribution in [0.1, 0.15) is 5.82 Å². The van der Waals surface area contributed by atoms with E-state index >= 15 is 0 Å². The van der Waals surface area contributed by atoms with Crippen molar-refractivity contribution in [1.82, 2.24) is 29.5 Å². The van der Waals surface area contributed by atoms with Crippen LogP contribution in [-0.4, -0.2) is 29.5 Å². The summed E-state index contributed by atoms with van der Waals surface area (Å²) >= 11 is 0. The zero-order chi connectivity index (χ0) is 20.7. The van der Waals surface area contributed by atoms with Crippen LogP contribution in [0.5, 0.6) is 0 Å². The average Bonchev–Trinajstić information content (AvgIpc) is 3.21. The first-order chi connectivity index (χ1) is 14.6. The molecular formula is C20H13F2N7O. The van der Waals surface area contributed by atoms with E-state index in [0.717, 1.165) is 0 Å². The highest BCUT2D eigenvalue weighted by atomic mass is 19.1. The summed E-state index contributed by atoms with van der Waals surface area (Å²) in [6.45, 7) is 0.0150. The molecule has 0 aliphatic rings. The second kappa shape index (κ2) is 6.99. The molecule has 3 aromatic heterocycles. The minimum atomic E-state index is -0.939. The van der Waals surface area contributed by atoms with Crippen molar-refractivity contribution in [3.63, 3.8) is 0 Å². The van der Waals surface area contributed by atoms with Gasteiger partial charge in [-0.2, -0.15) is 14.4 Å². The van der Waals surface area contributed by atoms with E-state index in [9.17, 15) is 13.6 Å². The highest BCUT2D eigenvalue weighted by molar-refractivity contribution is 5.82. The Morgan fingerprint density at radius 1 is 1.00 bits per heavy atom. The third-order valence-corrected chi connectivity index (χ3v) is 4.60. The van der Waals surface area contributed by atoms with E-state index in [4.69, 9.17) is 0 Å². The lowest BCUT2D eigenvalue weighted by Gasteiger charge is -2.15. The van der Waals surface area contributed by atoms with Crippen LogP contribution in [-0.2, 0) is 6.54 Å². The minimum Gasteiger partial charge on any atom is -0.361 e. The minimum absolute atomic E-state index is 0.0150. The molecule has 10 heteroatoms. The van der Waals surface area contributed by atoms with E-state index in [0.29, 0.717) is 17.0 Å². The second-order valence-electron chi connectivity index (χ2n) is 6.43. The fraction of sp³-hybridized carbons (Fsp3) is 0.0500. The number of para-hydroxylation sites is 1. The number of aromatic amines is 1. The van der Waals surface area contributed by atoms with E-state index in [2.05, 4.69) is 30.2 Å². The van der Waals surface area contributed by atoms with Crippen LogP contribution >= 0.6 is 0 Å². The van der Waals surface area contributed by atoms with Crippen LogP contribution in [0.4, 0.5) is 14.6 Å². The van der Waals surface area contributed by atoms with Crippen molar-refractivity contribution in [2.45, 2.75) is 6.54 Å². The Hall–Kier alpha value is -4.21. The number of anilines is 1. The molecule has 0 radical (unpaired) electrons. The molecule has 0 atom stereocenters. The van der Waals surface area contributed by atoms with Gasteiger partial charge in [-0.1, -0.05) is 24.3 Å². The summed E-state index contributed by atoms with van der Waals surface area (Å²) in [5.41, 5.74) is 0.791. The third kappa shape index (κ3) is 2.94. The van der Waals surface area contributed by atoms with Gasteiger partial charge in [-0.25, -0.2) is 14.4 Å². The maximum Gasteiger partial charge on any atom is 0.312 e. The topological polar surface area (TPSA) is 101 Å². The average molecular weight is 405 g/mol. The Labute approximate surface area is 167 Å². The van der Waals surface area contributed by atoms with Crippen LogP contribution < -0.4 is 10.9 Å². The summed E-state index contributed by atoms with van der Waals surface area (Å²) in [6.07, 6.45) is 0.437. The van der Waals surface area contributed by atoms with Gasteiger partial charge >= 0.3 is 6.08 Å². The van der Waals surface area contributed by atoms with Crippen LogP contribution in [0, 0.1) is 11.9 Å². The zero-order valence-corrected chi connectivity index (χ0v) is 15.3. The molecule has 148 valence electrons. The second-order valence-corrected chi connectivity index (χ2v) is 6.43. The summed E-state index contributed by atoms with van der Waals surface area (Å²) < 4.78 is 29.4. The van der Waals surface area contributed by atoms with Gasteiger partial charge in [0, 0.05) is 0 Å². The maximum absolute atomic E-state index is 14.4. The number of rotatable bonds is 4. The lowest BCUT2D eigenvalue weighted by molar-refractivity contribution is 0.545. The number of hydrogen-bond donors (Lipinski definition) is 2. The number of aromatic nitrogens is 6. The molecule has 3 heterocycles. The molecule has 0 aliphatic carbocycles. The molecule has 0 fully saturated rings. The molecule has 0 saturated carbocycles. The molecule has 0 amide bonds.